The predicted molar refractivity (Wildman–Crippen MR) is 79.3 cm³/mol. The molecule has 1 heterocycles. The quantitative estimate of drug-likeness (QED) is 0.885. The number of oxazole rings is 1. The van der Waals surface area contributed by atoms with Crippen LogP contribution in [0.1, 0.15) is 35.8 Å². The Hall–Kier alpha value is -1.85. The highest BCUT2D eigenvalue weighted by atomic mass is 35.5. The Morgan fingerprint density at radius 2 is 2.10 bits per heavy atom. The molecule has 0 saturated heterocycles. The first-order valence-electron chi connectivity index (χ1n) is 6.62. The lowest BCUT2D eigenvalue weighted by Crippen LogP contribution is -2.30. The predicted octanol–water partition coefficient (Wildman–Crippen LogP) is 3.44. The molecule has 0 atom stereocenters. The summed E-state index contributed by atoms with van der Waals surface area (Å²) in [6.45, 7) is 5.17. The van der Waals surface area contributed by atoms with Crippen LogP contribution in [0, 0.1) is 0 Å². The molecule has 1 N–H and O–H groups in total. The van der Waals surface area contributed by atoms with Gasteiger partial charge in [0.2, 0.25) is 5.89 Å². The van der Waals surface area contributed by atoms with Gasteiger partial charge in [-0.3, -0.25) is 4.90 Å². The lowest BCUT2D eigenvalue weighted by Gasteiger charge is -2.25. The van der Waals surface area contributed by atoms with Gasteiger partial charge in [-0.15, -0.1) is 0 Å². The molecule has 6 heteroatoms. The standard InChI is InChI=1S/C15H17ClN2O3/c1-10(2)18(7-11-5-3-4-6-12(11)16)8-14-17-13(9-21-14)15(19)20/h3-6,9-10H,7-8H2,1-2H3,(H,19,20). The van der Waals surface area contributed by atoms with Crippen LogP contribution in [0.3, 0.4) is 0 Å². The number of nitrogens with zero attached hydrogens (tertiary/aromatic N) is 2. The van der Waals surface area contributed by atoms with E-state index in [1.807, 2.05) is 24.3 Å². The van der Waals surface area contributed by atoms with E-state index in [1.54, 1.807) is 0 Å². The van der Waals surface area contributed by atoms with Gasteiger partial charge in [0.15, 0.2) is 5.69 Å². The van der Waals surface area contributed by atoms with E-state index < -0.39 is 5.97 Å². The average molecular weight is 309 g/mol. The first-order chi connectivity index (χ1) is 9.97. The van der Waals surface area contributed by atoms with Crippen molar-refractivity contribution < 1.29 is 14.3 Å². The normalized spacial score (nSPS) is 11.3. The van der Waals surface area contributed by atoms with Crippen LogP contribution in [0.5, 0.6) is 0 Å². The summed E-state index contributed by atoms with van der Waals surface area (Å²) in [5.74, 6) is -0.708. The number of carbonyl (C=O) groups is 1. The van der Waals surface area contributed by atoms with Gasteiger partial charge in [-0.1, -0.05) is 29.8 Å². The fraction of sp³-hybridized carbons (Fsp3) is 0.333. The van der Waals surface area contributed by atoms with Crippen LogP contribution in [0.4, 0.5) is 0 Å². The number of hydrogen-bond acceptors (Lipinski definition) is 4. The molecular weight excluding hydrogens is 292 g/mol. The minimum absolute atomic E-state index is 0.0774. The smallest absolute Gasteiger partial charge is 0.357 e. The Morgan fingerprint density at radius 3 is 2.67 bits per heavy atom. The summed E-state index contributed by atoms with van der Waals surface area (Å²) in [6.07, 6.45) is 1.16. The average Bonchev–Trinajstić information content (AvgIpc) is 2.89. The van der Waals surface area contributed by atoms with Crippen molar-refractivity contribution in [1.82, 2.24) is 9.88 Å². The molecule has 5 nitrogen and oxygen atoms in total. The summed E-state index contributed by atoms with van der Waals surface area (Å²) in [5, 5.41) is 9.57. The number of hydrogen-bond donors (Lipinski definition) is 1. The Bertz CT molecular complexity index is 625. The van der Waals surface area contributed by atoms with Crippen LogP contribution in [0.25, 0.3) is 0 Å². The van der Waals surface area contributed by atoms with E-state index in [2.05, 4.69) is 23.7 Å². The van der Waals surface area contributed by atoms with E-state index >= 15 is 0 Å². The van der Waals surface area contributed by atoms with Crippen LogP contribution in [0.15, 0.2) is 34.9 Å². The van der Waals surface area contributed by atoms with Gasteiger partial charge in [0, 0.05) is 17.6 Å². The van der Waals surface area contributed by atoms with Crippen LogP contribution in [-0.4, -0.2) is 27.0 Å². The van der Waals surface area contributed by atoms with E-state index in [9.17, 15) is 4.79 Å². The molecule has 112 valence electrons. The number of carboxylic acids is 1. The number of halogens is 1. The van der Waals surface area contributed by atoms with E-state index in [0.29, 0.717) is 24.0 Å². The molecule has 0 aliphatic carbocycles. The first kappa shape index (κ1) is 15.5. The molecule has 0 amide bonds. The monoisotopic (exact) mass is 308 g/mol. The number of rotatable bonds is 6. The maximum Gasteiger partial charge on any atom is 0.357 e. The van der Waals surface area contributed by atoms with Gasteiger partial charge in [-0.05, 0) is 25.5 Å². The molecule has 0 bridgehead atoms. The van der Waals surface area contributed by atoms with E-state index in [1.165, 1.54) is 0 Å². The van der Waals surface area contributed by atoms with Crippen molar-refractivity contribution in [3.05, 3.63) is 52.7 Å². The third kappa shape index (κ3) is 4.06. The van der Waals surface area contributed by atoms with Crippen molar-refractivity contribution in [3.63, 3.8) is 0 Å². The molecule has 0 fully saturated rings. The van der Waals surface area contributed by atoms with Crippen molar-refractivity contribution in [2.24, 2.45) is 0 Å². The highest BCUT2D eigenvalue weighted by Crippen LogP contribution is 2.19. The number of aromatic nitrogens is 1. The Kier molecular flexibility index (Phi) is 4.98. The van der Waals surface area contributed by atoms with Gasteiger partial charge in [0.25, 0.3) is 0 Å². The summed E-state index contributed by atoms with van der Waals surface area (Å²) in [5.41, 5.74) is 0.935. The zero-order valence-corrected chi connectivity index (χ0v) is 12.7. The van der Waals surface area contributed by atoms with Gasteiger partial charge in [-0.25, -0.2) is 9.78 Å². The van der Waals surface area contributed by atoms with Gasteiger partial charge in [0.05, 0.1) is 6.54 Å². The van der Waals surface area contributed by atoms with Crippen LogP contribution in [-0.2, 0) is 13.1 Å². The summed E-state index contributed by atoms with van der Waals surface area (Å²) in [7, 11) is 0. The molecule has 0 aliphatic rings. The highest BCUT2D eigenvalue weighted by Gasteiger charge is 2.17. The van der Waals surface area contributed by atoms with Gasteiger partial charge in [0.1, 0.15) is 6.26 Å². The minimum atomic E-state index is -1.09. The van der Waals surface area contributed by atoms with Crippen LogP contribution >= 0.6 is 11.6 Å². The molecule has 2 rings (SSSR count). The lowest BCUT2D eigenvalue weighted by molar-refractivity contribution is 0.0690. The summed E-state index contributed by atoms with van der Waals surface area (Å²) in [4.78, 5) is 16.9. The SMILES string of the molecule is CC(C)N(Cc1nc(C(=O)O)co1)Cc1ccccc1Cl. The highest BCUT2D eigenvalue weighted by molar-refractivity contribution is 6.31. The zero-order chi connectivity index (χ0) is 15.4. The Balaban J connectivity index is 2.12. The van der Waals surface area contributed by atoms with Gasteiger partial charge < -0.3 is 9.52 Å². The molecule has 0 unspecified atom stereocenters. The number of benzene rings is 1. The molecule has 0 aliphatic heterocycles. The van der Waals surface area contributed by atoms with Crippen molar-refractivity contribution in [3.8, 4) is 0 Å². The molecule has 21 heavy (non-hydrogen) atoms. The van der Waals surface area contributed by atoms with Crippen LogP contribution in [0.2, 0.25) is 5.02 Å². The fourth-order valence-corrected chi connectivity index (χ4v) is 2.12. The van der Waals surface area contributed by atoms with Crippen molar-refractivity contribution >= 4 is 17.6 Å². The molecule has 1 aromatic heterocycles. The maximum absolute atomic E-state index is 10.8. The Labute approximate surface area is 128 Å². The van der Waals surface area contributed by atoms with E-state index in [4.69, 9.17) is 21.1 Å². The second-order valence-corrected chi connectivity index (χ2v) is 5.43. The van der Waals surface area contributed by atoms with Gasteiger partial charge >= 0.3 is 5.97 Å². The minimum Gasteiger partial charge on any atom is -0.476 e. The second-order valence-electron chi connectivity index (χ2n) is 5.02. The third-order valence-corrected chi connectivity index (χ3v) is 3.54. The molecular formula is C15H17ClN2O3. The first-order valence-corrected chi connectivity index (χ1v) is 7.00. The largest absolute Gasteiger partial charge is 0.476 e. The molecule has 2 aromatic rings. The molecule has 0 spiro atoms. The summed E-state index contributed by atoms with van der Waals surface area (Å²) >= 11 is 6.18. The molecule has 1 aromatic carbocycles. The van der Waals surface area contributed by atoms with Crippen molar-refractivity contribution in [2.45, 2.75) is 33.0 Å². The number of carboxylic acid groups (broad SMARTS) is 1. The Morgan fingerprint density at radius 1 is 1.38 bits per heavy atom. The van der Waals surface area contributed by atoms with E-state index in [-0.39, 0.29) is 11.7 Å². The summed E-state index contributed by atoms with van der Waals surface area (Å²) in [6, 6.07) is 7.88. The molecule has 0 saturated carbocycles. The fourth-order valence-electron chi connectivity index (χ4n) is 1.92. The van der Waals surface area contributed by atoms with Crippen LogP contribution < -0.4 is 0 Å². The van der Waals surface area contributed by atoms with Gasteiger partial charge in [-0.2, -0.15) is 0 Å². The maximum atomic E-state index is 10.8. The van der Waals surface area contributed by atoms with Crippen molar-refractivity contribution in [1.29, 1.82) is 0 Å². The zero-order valence-electron chi connectivity index (χ0n) is 11.9. The van der Waals surface area contributed by atoms with E-state index in [0.717, 1.165) is 11.8 Å². The third-order valence-electron chi connectivity index (χ3n) is 3.17. The second kappa shape index (κ2) is 6.74. The lowest BCUT2D eigenvalue weighted by atomic mass is 10.2. The topological polar surface area (TPSA) is 66.6 Å². The van der Waals surface area contributed by atoms with Crippen molar-refractivity contribution in [2.75, 3.05) is 0 Å². The number of aromatic carboxylic acids is 1. The summed E-state index contributed by atoms with van der Waals surface area (Å²) < 4.78 is 5.21. The molecule has 0 radical (unpaired) electrons.